The fourth-order valence-corrected chi connectivity index (χ4v) is 6.40. The van der Waals surface area contributed by atoms with Gasteiger partial charge in [0.15, 0.2) is 11.5 Å². The van der Waals surface area contributed by atoms with E-state index < -0.39 is 10.0 Å². The maximum Gasteiger partial charge on any atom is 0.238 e. The molecule has 0 saturated carbocycles. The SMILES string of the molecule is CCS(=O)(=O)n1cc(-c2c(C#N)c3n(c2C)C(C)Cc2cc(OC)c(OC)cc2-3)c2ccccc21. The van der Waals surface area contributed by atoms with Crippen LogP contribution >= 0.6 is 0 Å². The van der Waals surface area contributed by atoms with Gasteiger partial charge in [-0.1, -0.05) is 18.2 Å². The second-order valence-corrected chi connectivity index (χ2v) is 11.0. The highest BCUT2D eigenvalue weighted by atomic mass is 32.2. The van der Waals surface area contributed by atoms with Crippen molar-refractivity contribution in [2.75, 3.05) is 20.0 Å². The van der Waals surface area contributed by atoms with Gasteiger partial charge < -0.3 is 14.0 Å². The topological polar surface area (TPSA) is 86.2 Å². The molecule has 180 valence electrons. The first kappa shape index (κ1) is 23.1. The maximum atomic E-state index is 12.9. The quantitative estimate of drug-likeness (QED) is 0.380. The van der Waals surface area contributed by atoms with Gasteiger partial charge in [0.2, 0.25) is 10.0 Å². The minimum Gasteiger partial charge on any atom is -0.493 e. The zero-order valence-corrected chi connectivity index (χ0v) is 21.2. The van der Waals surface area contributed by atoms with Crippen molar-refractivity contribution in [2.24, 2.45) is 0 Å². The van der Waals surface area contributed by atoms with E-state index in [1.807, 2.05) is 37.3 Å². The monoisotopic (exact) mass is 489 g/mol. The van der Waals surface area contributed by atoms with Gasteiger partial charge in [-0.05, 0) is 51.0 Å². The lowest BCUT2D eigenvalue weighted by molar-refractivity contribution is 0.354. The summed E-state index contributed by atoms with van der Waals surface area (Å²) >= 11 is 0. The highest BCUT2D eigenvalue weighted by Gasteiger charge is 2.33. The number of fused-ring (bicyclic) bond motifs is 4. The van der Waals surface area contributed by atoms with E-state index in [0.29, 0.717) is 22.6 Å². The molecule has 0 N–H and O–H groups in total. The number of para-hydroxylation sites is 1. The van der Waals surface area contributed by atoms with Crippen LogP contribution in [0, 0.1) is 18.3 Å². The molecular formula is C27H27N3O4S. The largest absolute Gasteiger partial charge is 0.493 e. The molecule has 1 aliphatic rings. The van der Waals surface area contributed by atoms with Crippen LogP contribution in [0.25, 0.3) is 33.3 Å². The third-order valence-corrected chi connectivity index (χ3v) is 8.63. The van der Waals surface area contributed by atoms with E-state index in [2.05, 4.69) is 17.6 Å². The van der Waals surface area contributed by atoms with Crippen LogP contribution in [0.5, 0.6) is 11.5 Å². The number of nitrogens with zero attached hydrogens (tertiary/aromatic N) is 3. The number of benzene rings is 2. The van der Waals surface area contributed by atoms with Crippen LogP contribution in [0.1, 0.15) is 36.7 Å². The van der Waals surface area contributed by atoms with Crippen molar-refractivity contribution in [2.45, 2.75) is 33.2 Å². The third kappa shape index (κ3) is 3.26. The standard InChI is InChI=1S/C27H27N3O4S/c1-6-35(31,32)29-15-22(19-9-7-8-10-23(19)29)26-17(3)30-16(2)11-18-12-24(33-4)25(34-5)13-20(18)27(30)21(26)14-28/h7-10,12-13,15-16H,6,11H2,1-5H3. The molecule has 35 heavy (non-hydrogen) atoms. The van der Waals surface area contributed by atoms with Gasteiger partial charge in [-0.25, -0.2) is 12.4 Å². The average molecular weight is 490 g/mol. The Kier molecular flexibility index (Phi) is 5.41. The van der Waals surface area contributed by atoms with Crippen LogP contribution in [-0.4, -0.2) is 36.9 Å². The number of rotatable bonds is 5. The second kappa shape index (κ2) is 8.21. The highest BCUT2D eigenvalue weighted by Crippen LogP contribution is 2.48. The lowest BCUT2D eigenvalue weighted by Gasteiger charge is -2.28. The zero-order valence-electron chi connectivity index (χ0n) is 20.4. The lowest BCUT2D eigenvalue weighted by atomic mass is 9.91. The number of aromatic nitrogens is 2. The number of hydrogen-bond acceptors (Lipinski definition) is 5. The predicted molar refractivity (Wildman–Crippen MR) is 137 cm³/mol. The van der Waals surface area contributed by atoms with E-state index in [1.165, 1.54) is 3.97 Å². The molecule has 1 atom stereocenters. The van der Waals surface area contributed by atoms with Crippen molar-refractivity contribution in [1.29, 1.82) is 5.26 Å². The Hall–Kier alpha value is -3.70. The Morgan fingerprint density at radius 2 is 1.80 bits per heavy atom. The molecule has 0 bridgehead atoms. The van der Waals surface area contributed by atoms with Crippen molar-refractivity contribution in [1.82, 2.24) is 8.54 Å². The number of nitriles is 1. The van der Waals surface area contributed by atoms with Gasteiger partial charge >= 0.3 is 0 Å². The van der Waals surface area contributed by atoms with Gasteiger partial charge in [0.1, 0.15) is 6.07 Å². The van der Waals surface area contributed by atoms with Crippen molar-refractivity contribution in [3.8, 4) is 40.0 Å². The van der Waals surface area contributed by atoms with Gasteiger partial charge in [-0.3, -0.25) is 0 Å². The minimum absolute atomic E-state index is 0.0203. The highest BCUT2D eigenvalue weighted by molar-refractivity contribution is 7.90. The molecule has 3 heterocycles. The summed E-state index contributed by atoms with van der Waals surface area (Å²) in [4.78, 5) is 0. The molecule has 7 nitrogen and oxygen atoms in total. The van der Waals surface area contributed by atoms with Crippen LogP contribution in [0.2, 0.25) is 0 Å². The van der Waals surface area contributed by atoms with Crippen LogP contribution in [0.15, 0.2) is 42.6 Å². The van der Waals surface area contributed by atoms with Crippen molar-refractivity contribution >= 4 is 20.9 Å². The zero-order chi connectivity index (χ0) is 25.1. The van der Waals surface area contributed by atoms with E-state index >= 15 is 0 Å². The van der Waals surface area contributed by atoms with Gasteiger partial charge in [0.05, 0.1) is 36.7 Å². The molecule has 1 unspecified atom stereocenters. The first-order valence-electron chi connectivity index (χ1n) is 11.5. The second-order valence-electron chi connectivity index (χ2n) is 8.84. The summed E-state index contributed by atoms with van der Waals surface area (Å²) in [6, 6.07) is 13.9. The molecule has 1 aliphatic heterocycles. The summed E-state index contributed by atoms with van der Waals surface area (Å²) in [6.45, 7) is 5.77. The number of hydrogen-bond donors (Lipinski definition) is 0. The van der Waals surface area contributed by atoms with E-state index in [4.69, 9.17) is 9.47 Å². The van der Waals surface area contributed by atoms with Crippen molar-refractivity contribution in [3.05, 3.63) is 59.4 Å². The summed E-state index contributed by atoms with van der Waals surface area (Å²) in [5.41, 5.74) is 6.40. The maximum absolute atomic E-state index is 12.9. The molecule has 8 heteroatoms. The van der Waals surface area contributed by atoms with E-state index in [-0.39, 0.29) is 11.8 Å². The lowest BCUT2D eigenvalue weighted by Crippen LogP contribution is -2.17. The minimum atomic E-state index is -3.53. The molecule has 4 aromatic rings. The van der Waals surface area contributed by atoms with E-state index in [0.717, 1.165) is 45.4 Å². The average Bonchev–Trinajstić information content (AvgIpc) is 3.39. The molecule has 0 saturated heterocycles. The molecule has 0 aliphatic carbocycles. The summed E-state index contributed by atoms with van der Waals surface area (Å²) < 4.78 is 40.4. The van der Waals surface area contributed by atoms with Gasteiger partial charge in [0.25, 0.3) is 0 Å². The third-order valence-electron chi connectivity index (χ3n) is 7.00. The van der Waals surface area contributed by atoms with Gasteiger partial charge in [-0.2, -0.15) is 5.26 Å². The Morgan fingerprint density at radius 3 is 2.46 bits per heavy atom. The molecule has 2 aromatic carbocycles. The van der Waals surface area contributed by atoms with Crippen LogP contribution in [-0.2, 0) is 16.4 Å². The first-order chi connectivity index (χ1) is 16.8. The summed E-state index contributed by atoms with van der Waals surface area (Å²) in [5, 5.41) is 11.2. The first-order valence-corrected chi connectivity index (χ1v) is 13.1. The van der Waals surface area contributed by atoms with Crippen LogP contribution in [0.3, 0.4) is 0 Å². The molecule has 0 fully saturated rings. The van der Waals surface area contributed by atoms with Crippen molar-refractivity contribution < 1.29 is 17.9 Å². The fourth-order valence-electron chi connectivity index (χ4n) is 5.40. The molecule has 2 aromatic heterocycles. The molecule has 0 amide bonds. The molecule has 5 rings (SSSR count). The van der Waals surface area contributed by atoms with Crippen molar-refractivity contribution in [3.63, 3.8) is 0 Å². The molecule has 0 radical (unpaired) electrons. The Balaban J connectivity index is 1.87. The normalized spacial score (nSPS) is 14.9. The van der Waals surface area contributed by atoms with Crippen LogP contribution < -0.4 is 9.47 Å². The van der Waals surface area contributed by atoms with Gasteiger partial charge in [0, 0.05) is 40.0 Å². The van der Waals surface area contributed by atoms with E-state index in [9.17, 15) is 13.7 Å². The Labute approximate surface area is 205 Å². The molecule has 0 spiro atoms. The summed E-state index contributed by atoms with van der Waals surface area (Å²) in [5.74, 6) is 1.23. The summed E-state index contributed by atoms with van der Waals surface area (Å²) in [6.07, 6.45) is 2.44. The fraction of sp³-hybridized carbons (Fsp3) is 0.296. The smallest absolute Gasteiger partial charge is 0.238 e. The predicted octanol–water partition coefficient (Wildman–Crippen LogP) is 5.29. The Morgan fingerprint density at radius 1 is 1.11 bits per heavy atom. The van der Waals surface area contributed by atoms with Crippen LogP contribution in [0.4, 0.5) is 0 Å². The Bertz CT molecular complexity index is 1640. The van der Waals surface area contributed by atoms with E-state index in [1.54, 1.807) is 33.4 Å². The molecular weight excluding hydrogens is 462 g/mol. The van der Waals surface area contributed by atoms with Gasteiger partial charge in [-0.15, -0.1) is 0 Å². The number of methoxy groups -OCH3 is 2. The number of ether oxygens (including phenoxy) is 2. The summed E-state index contributed by atoms with van der Waals surface area (Å²) in [7, 11) is -0.316.